The fraction of sp³-hybridized carbons (Fsp3) is 0.472. The van der Waals surface area contributed by atoms with E-state index >= 15 is 8.78 Å². The molecule has 3 aromatic rings. The Kier molecular flexibility index (Phi) is 12.4. The molecule has 0 fully saturated rings. The Bertz CT molecular complexity index is 1630. The van der Waals surface area contributed by atoms with Crippen LogP contribution >= 0.6 is 0 Å². The van der Waals surface area contributed by atoms with E-state index in [2.05, 4.69) is 5.32 Å². The monoisotopic (exact) mass is 641 g/mol. The van der Waals surface area contributed by atoms with Gasteiger partial charge in [-0.3, -0.25) is 14.4 Å². The van der Waals surface area contributed by atoms with E-state index in [-0.39, 0.29) is 42.1 Å². The normalized spacial score (nSPS) is 12.8. The number of rotatable bonds is 13. The van der Waals surface area contributed by atoms with Gasteiger partial charge in [-0.25, -0.2) is 13.2 Å². The van der Waals surface area contributed by atoms with Crippen molar-refractivity contribution in [3.63, 3.8) is 0 Å². The molecule has 0 saturated heterocycles. The second-order valence-electron chi connectivity index (χ2n) is 12.7. The first-order valence-electron chi connectivity index (χ1n) is 15.6. The first-order chi connectivity index (χ1) is 21.5. The highest BCUT2D eigenvalue weighted by molar-refractivity contribution is 5.82. The zero-order valence-electron chi connectivity index (χ0n) is 28.3. The fourth-order valence-corrected chi connectivity index (χ4v) is 5.81. The summed E-state index contributed by atoms with van der Waals surface area (Å²) in [6, 6.07) is 3.65. The molecule has 0 spiro atoms. The predicted molar refractivity (Wildman–Crippen MR) is 174 cm³/mol. The molecular weight excluding hydrogens is 595 g/mol. The Morgan fingerprint density at radius 2 is 1.59 bits per heavy atom. The lowest BCUT2D eigenvalue weighted by molar-refractivity contribution is -0.144. The Morgan fingerprint density at radius 3 is 2.15 bits per heavy atom. The first kappa shape index (κ1) is 36.5. The van der Waals surface area contributed by atoms with Crippen LogP contribution in [-0.2, 0) is 20.7 Å². The van der Waals surface area contributed by atoms with Crippen LogP contribution < -0.4 is 10.9 Å². The predicted octanol–water partition coefficient (Wildman–Crippen LogP) is 6.67. The van der Waals surface area contributed by atoms with Crippen molar-refractivity contribution in [1.29, 1.82) is 0 Å². The summed E-state index contributed by atoms with van der Waals surface area (Å²) in [4.78, 5) is 42.1. The number of halogens is 3. The van der Waals surface area contributed by atoms with Gasteiger partial charge < -0.3 is 19.5 Å². The third-order valence-electron chi connectivity index (χ3n) is 8.13. The molecule has 3 rings (SSSR count). The fourth-order valence-electron chi connectivity index (χ4n) is 5.81. The summed E-state index contributed by atoms with van der Waals surface area (Å²) >= 11 is 0. The maximum absolute atomic E-state index is 15.9. The zero-order chi connectivity index (χ0) is 34.5. The maximum atomic E-state index is 15.9. The number of aromatic nitrogens is 1. The molecule has 2 aromatic carbocycles. The van der Waals surface area contributed by atoms with E-state index in [1.807, 2.05) is 32.8 Å². The molecule has 1 N–H and O–H groups in total. The van der Waals surface area contributed by atoms with Crippen molar-refractivity contribution < 1.29 is 27.5 Å². The minimum atomic E-state index is -1.18. The van der Waals surface area contributed by atoms with E-state index in [0.717, 1.165) is 4.57 Å². The third kappa shape index (κ3) is 8.66. The highest BCUT2D eigenvalue weighted by Crippen LogP contribution is 2.34. The van der Waals surface area contributed by atoms with Crippen molar-refractivity contribution in [1.82, 2.24) is 14.8 Å². The molecule has 7 nitrogen and oxygen atoms in total. The number of nitrogens with zero attached hydrogens (tertiary/aromatic N) is 2. The third-order valence-corrected chi connectivity index (χ3v) is 8.13. The molecule has 0 radical (unpaired) electrons. The topological polar surface area (TPSA) is 80.6 Å². The molecule has 1 amide bonds. The van der Waals surface area contributed by atoms with Crippen molar-refractivity contribution in [2.24, 2.45) is 5.92 Å². The van der Waals surface area contributed by atoms with Gasteiger partial charge in [0.25, 0.3) is 5.56 Å². The lowest BCUT2D eigenvalue weighted by atomic mass is 9.90. The maximum Gasteiger partial charge on any atom is 0.308 e. The number of carbonyl (C=O) groups is 2. The van der Waals surface area contributed by atoms with Crippen LogP contribution in [0.2, 0.25) is 0 Å². The summed E-state index contributed by atoms with van der Waals surface area (Å²) in [5.74, 6) is -3.35. The van der Waals surface area contributed by atoms with Gasteiger partial charge in [-0.1, -0.05) is 13.8 Å². The second-order valence-corrected chi connectivity index (χ2v) is 12.7. The number of hydrogen-bond acceptors (Lipinski definition) is 5. The summed E-state index contributed by atoms with van der Waals surface area (Å²) in [6.07, 6.45) is 1.78. The number of benzene rings is 2. The van der Waals surface area contributed by atoms with Crippen molar-refractivity contribution in [3.8, 4) is 11.1 Å². The lowest BCUT2D eigenvalue weighted by Gasteiger charge is -2.27. The summed E-state index contributed by atoms with van der Waals surface area (Å²) in [6.45, 7) is 12.7. The molecule has 0 saturated carbocycles. The number of pyridine rings is 1. The Balaban J connectivity index is 2.16. The van der Waals surface area contributed by atoms with Crippen LogP contribution in [0.4, 0.5) is 13.2 Å². The van der Waals surface area contributed by atoms with Crippen LogP contribution in [-0.4, -0.2) is 48.6 Å². The average Bonchev–Trinajstić information content (AvgIpc) is 2.95. The SMILES string of the molecule is CCOC(=O)C[C@H](NC(=O)C(CC(C)C)n1cc(CCN(C)C)c(C)c(F)c1=O)c1cc(-c2c(C)cc(F)cc2C)cc(C)c1F. The van der Waals surface area contributed by atoms with Gasteiger partial charge in [0.05, 0.1) is 19.1 Å². The van der Waals surface area contributed by atoms with E-state index in [1.54, 1.807) is 46.8 Å². The van der Waals surface area contributed by atoms with Crippen LogP contribution in [0.1, 0.15) is 79.1 Å². The van der Waals surface area contributed by atoms with Crippen molar-refractivity contribution >= 4 is 11.9 Å². The Morgan fingerprint density at radius 1 is 0.957 bits per heavy atom. The van der Waals surface area contributed by atoms with E-state index in [0.29, 0.717) is 40.8 Å². The molecule has 0 aliphatic carbocycles. The van der Waals surface area contributed by atoms with Gasteiger partial charge in [0.15, 0.2) is 5.82 Å². The quantitative estimate of drug-likeness (QED) is 0.211. The molecule has 0 bridgehead atoms. The number of ether oxygens (including phenoxy) is 1. The largest absolute Gasteiger partial charge is 0.466 e. The van der Waals surface area contributed by atoms with Gasteiger partial charge in [-0.15, -0.1) is 0 Å². The molecule has 10 heteroatoms. The summed E-state index contributed by atoms with van der Waals surface area (Å²) in [5, 5.41) is 2.81. The molecule has 46 heavy (non-hydrogen) atoms. The van der Waals surface area contributed by atoms with Crippen LogP contribution in [0.5, 0.6) is 0 Å². The van der Waals surface area contributed by atoms with E-state index in [9.17, 15) is 18.8 Å². The van der Waals surface area contributed by atoms with Gasteiger partial charge >= 0.3 is 5.97 Å². The van der Waals surface area contributed by atoms with Gasteiger partial charge in [-0.05, 0) is 131 Å². The van der Waals surface area contributed by atoms with Crippen LogP contribution in [0.15, 0.2) is 35.3 Å². The summed E-state index contributed by atoms with van der Waals surface area (Å²) in [5.41, 5.74) is 2.77. The van der Waals surface area contributed by atoms with Crippen LogP contribution in [0.25, 0.3) is 11.1 Å². The average molecular weight is 642 g/mol. The van der Waals surface area contributed by atoms with E-state index in [1.165, 1.54) is 18.3 Å². The van der Waals surface area contributed by atoms with Crippen LogP contribution in [0, 0.1) is 51.1 Å². The van der Waals surface area contributed by atoms with E-state index in [4.69, 9.17) is 4.74 Å². The van der Waals surface area contributed by atoms with Gasteiger partial charge in [0.1, 0.15) is 17.7 Å². The Hall–Kier alpha value is -3.92. The smallest absolute Gasteiger partial charge is 0.308 e. The van der Waals surface area contributed by atoms with Crippen molar-refractivity contribution in [2.75, 3.05) is 27.2 Å². The van der Waals surface area contributed by atoms with Crippen LogP contribution in [0.3, 0.4) is 0 Å². The molecular formula is C36H46F3N3O4. The number of hydrogen-bond donors (Lipinski definition) is 1. The molecule has 1 heterocycles. The Labute approximate surface area is 269 Å². The molecule has 0 aliphatic rings. The minimum Gasteiger partial charge on any atom is -0.466 e. The molecule has 1 aromatic heterocycles. The number of esters is 1. The second kappa shape index (κ2) is 15.6. The zero-order valence-corrected chi connectivity index (χ0v) is 28.3. The first-order valence-corrected chi connectivity index (χ1v) is 15.6. The van der Waals surface area contributed by atoms with Crippen molar-refractivity contribution in [3.05, 3.63) is 91.6 Å². The molecule has 0 aliphatic heterocycles. The number of carbonyl (C=O) groups excluding carboxylic acids is 2. The van der Waals surface area contributed by atoms with Gasteiger partial charge in [0, 0.05) is 18.3 Å². The lowest BCUT2D eigenvalue weighted by Crippen LogP contribution is -2.41. The highest BCUT2D eigenvalue weighted by Gasteiger charge is 2.31. The van der Waals surface area contributed by atoms with Crippen molar-refractivity contribution in [2.45, 2.75) is 79.8 Å². The number of likely N-dealkylation sites (N-methyl/N-ethyl adjacent to an activating group) is 1. The summed E-state index contributed by atoms with van der Waals surface area (Å²) < 4.78 is 51.6. The summed E-state index contributed by atoms with van der Waals surface area (Å²) in [7, 11) is 3.77. The highest BCUT2D eigenvalue weighted by atomic mass is 19.1. The number of amides is 1. The molecule has 250 valence electrons. The molecule has 2 atom stereocenters. The number of aryl methyl sites for hydroxylation is 3. The molecule has 1 unspecified atom stereocenters. The van der Waals surface area contributed by atoms with Gasteiger partial charge in [0.2, 0.25) is 5.91 Å². The number of nitrogens with one attached hydrogen (secondary N) is 1. The minimum absolute atomic E-state index is 0.0388. The standard InChI is InChI=1S/C36H46F3N3O4/c1-10-46-31(43)18-29(28-17-26(14-23(6)33(28)38)32-21(4)15-27(37)16-22(32)5)40-35(44)30(13-20(2)3)42-19-25(11-12-41(8)9)24(7)34(39)36(42)45/h14-17,19-20,29-30H,10-13,18H2,1-9H3,(H,40,44)/t29-,30?/m0/s1. The van der Waals surface area contributed by atoms with E-state index < -0.39 is 47.0 Å². The van der Waals surface area contributed by atoms with Gasteiger partial charge in [-0.2, -0.15) is 0 Å².